The van der Waals surface area contributed by atoms with Crippen molar-refractivity contribution in [2.75, 3.05) is 21.3 Å². The van der Waals surface area contributed by atoms with Gasteiger partial charge >= 0.3 is 11.9 Å². The summed E-state index contributed by atoms with van der Waals surface area (Å²) in [6, 6.07) is 0.788. The summed E-state index contributed by atoms with van der Waals surface area (Å²) < 4.78 is 52.7. The molecule has 0 N–H and O–H groups in total. The highest BCUT2D eigenvalue weighted by Crippen LogP contribution is 2.43. The molecule has 8 heteroatoms. The first-order valence-electron chi connectivity index (χ1n) is 8.04. The second-order valence-electron chi connectivity index (χ2n) is 6.17. The Kier molecular flexibility index (Phi) is 5.67. The van der Waals surface area contributed by atoms with Crippen molar-refractivity contribution in [2.24, 2.45) is 0 Å². The van der Waals surface area contributed by atoms with Gasteiger partial charge < -0.3 is 14.4 Å². The highest BCUT2D eigenvalue weighted by molar-refractivity contribution is 5.99. The summed E-state index contributed by atoms with van der Waals surface area (Å²) in [4.78, 5) is 26.4. The summed E-state index contributed by atoms with van der Waals surface area (Å²) in [6.07, 6.45) is 0. The van der Waals surface area contributed by atoms with E-state index in [1.54, 1.807) is 20.9 Å². The van der Waals surface area contributed by atoms with Gasteiger partial charge in [-0.25, -0.2) is 22.8 Å². The molecule has 0 amide bonds. The van der Waals surface area contributed by atoms with Crippen LogP contribution in [0.5, 0.6) is 0 Å². The highest BCUT2D eigenvalue weighted by atomic mass is 19.2. The quantitative estimate of drug-likeness (QED) is 0.592. The fraction of sp³-hybridized carbons (Fsp3) is 0.368. The van der Waals surface area contributed by atoms with Crippen molar-refractivity contribution in [2.45, 2.75) is 26.7 Å². The Morgan fingerprint density at radius 3 is 1.78 bits per heavy atom. The predicted octanol–water partition coefficient (Wildman–Crippen LogP) is 3.34. The Balaban J connectivity index is 2.92. The molecule has 0 fully saturated rings. The van der Waals surface area contributed by atoms with Gasteiger partial charge in [-0.15, -0.1) is 0 Å². The van der Waals surface area contributed by atoms with Gasteiger partial charge in [0, 0.05) is 29.6 Å². The van der Waals surface area contributed by atoms with E-state index in [0.717, 1.165) is 27.2 Å². The molecule has 1 aromatic rings. The number of benzene rings is 1. The van der Waals surface area contributed by atoms with E-state index in [2.05, 4.69) is 0 Å². The van der Waals surface area contributed by atoms with Crippen molar-refractivity contribution >= 4 is 11.9 Å². The average molecular weight is 383 g/mol. The second-order valence-corrected chi connectivity index (χ2v) is 6.17. The number of hydrogen-bond acceptors (Lipinski definition) is 5. The Morgan fingerprint density at radius 2 is 1.37 bits per heavy atom. The van der Waals surface area contributed by atoms with Gasteiger partial charge in [-0.05, 0) is 26.8 Å². The van der Waals surface area contributed by atoms with Gasteiger partial charge in [-0.3, -0.25) is 0 Å². The number of nitrogens with zero attached hydrogens (tertiary/aromatic N) is 1. The first-order valence-corrected chi connectivity index (χ1v) is 8.04. The molecule has 0 aromatic heterocycles. The Morgan fingerprint density at radius 1 is 0.926 bits per heavy atom. The molecule has 0 saturated carbocycles. The summed E-state index contributed by atoms with van der Waals surface area (Å²) in [7, 11) is 3.84. The van der Waals surface area contributed by atoms with E-state index in [1.807, 2.05) is 0 Å². The normalized spacial score (nSPS) is 15.4. The molecule has 1 aliphatic heterocycles. The number of carbonyl (C=O) groups is 2. The molecule has 0 unspecified atom stereocenters. The zero-order valence-corrected chi connectivity index (χ0v) is 15.9. The van der Waals surface area contributed by atoms with E-state index in [1.165, 1.54) is 4.90 Å². The van der Waals surface area contributed by atoms with Gasteiger partial charge in [-0.1, -0.05) is 0 Å². The summed E-state index contributed by atoms with van der Waals surface area (Å²) in [6.45, 7) is 4.22. The molecule has 0 bridgehead atoms. The van der Waals surface area contributed by atoms with Crippen LogP contribution in [0.4, 0.5) is 13.2 Å². The molecule has 1 aromatic carbocycles. The number of carbonyl (C=O) groups excluding carboxylic acids is 2. The number of hydrogen-bond donors (Lipinski definition) is 0. The molecule has 5 nitrogen and oxygen atoms in total. The molecule has 0 atom stereocenters. The first-order chi connectivity index (χ1) is 12.6. The minimum Gasteiger partial charge on any atom is -0.466 e. The van der Waals surface area contributed by atoms with Crippen molar-refractivity contribution in [3.05, 3.63) is 57.2 Å². The third-order valence-corrected chi connectivity index (χ3v) is 4.90. The molecule has 1 heterocycles. The maximum absolute atomic E-state index is 14.8. The summed E-state index contributed by atoms with van der Waals surface area (Å²) in [5, 5.41) is 0. The van der Waals surface area contributed by atoms with Crippen LogP contribution >= 0.6 is 0 Å². The number of rotatable bonds is 3. The monoisotopic (exact) mass is 383 g/mol. The third-order valence-electron chi connectivity index (χ3n) is 4.90. The lowest BCUT2D eigenvalue weighted by Crippen LogP contribution is -2.33. The smallest absolute Gasteiger partial charge is 0.336 e. The Bertz CT molecular complexity index is 849. The summed E-state index contributed by atoms with van der Waals surface area (Å²) in [5.41, 5.74) is -0.469. The van der Waals surface area contributed by atoms with Crippen molar-refractivity contribution < 1.29 is 32.2 Å². The van der Waals surface area contributed by atoms with Crippen molar-refractivity contribution in [3.8, 4) is 0 Å². The van der Waals surface area contributed by atoms with Gasteiger partial charge in [0.25, 0.3) is 0 Å². The van der Waals surface area contributed by atoms with Crippen LogP contribution in [0.2, 0.25) is 0 Å². The van der Waals surface area contributed by atoms with E-state index in [-0.39, 0.29) is 11.1 Å². The second kappa shape index (κ2) is 7.46. The molecular weight excluding hydrogens is 363 g/mol. The highest BCUT2D eigenvalue weighted by Gasteiger charge is 2.41. The van der Waals surface area contributed by atoms with Gasteiger partial charge in [-0.2, -0.15) is 0 Å². The van der Waals surface area contributed by atoms with E-state index in [9.17, 15) is 22.8 Å². The maximum Gasteiger partial charge on any atom is 0.336 e. The molecule has 0 spiro atoms. The lowest BCUT2D eigenvalue weighted by atomic mass is 9.79. The molecule has 27 heavy (non-hydrogen) atoms. The van der Waals surface area contributed by atoms with Crippen LogP contribution < -0.4 is 0 Å². The summed E-state index contributed by atoms with van der Waals surface area (Å²) in [5.74, 6) is -6.80. The molecule has 2 rings (SSSR count). The van der Waals surface area contributed by atoms with Crippen LogP contribution in [0.25, 0.3) is 0 Å². The van der Waals surface area contributed by atoms with E-state index in [4.69, 9.17) is 9.47 Å². The fourth-order valence-corrected chi connectivity index (χ4v) is 3.15. The van der Waals surface area contributed by atoms with Gasteiger partial charge in [0.05, 0.1) is 31.3 Å². The van der Waals surface area contributed by atoms with Gasteiger partial charge in [0.15, 0.2) is 11.6 Å². The van der Waals surface area contributed by atoms with E-state index in [0.29, 0.717) is 11.4 Å². The van der Waals surface area contributed by atoms with Crippen LogP contribution in [0.3, 0.4) is 0 Å². The standard InChI is InChI=1S/C19H20F3NO4/c1-8-12(20)7-11(17(22)16(8)21)15-13(18(24)26-5)9(2)23(4)10(3)14(15)19(25)27-6/h7,15H,1-6H3. The van der Waals surface area contributed by atoms with Gasteiger partial charge in [0.2, 0.25) is 0 Å². The van der Waals surface area contributed by atoms with Crippen molar-refractivity contribution in [1.82, 2.24) is 4.90 Å². The maximum atomic E-state index is 14.8. The van der Waals surface area contributed by atoms with Gasteiger partial charge in [0.1, 0.15) is 5.82 Å². The number of ether oxygens (including phenoxy) is 2. The molecular formula is C19H20F3NO4. The minimum atomic E-state index is -1.38. The largest absolute Gasteiger partial charge is 0.466 e. The van der Waals surface area contributed by atoms with Crippen LogP contribution in [-0.2, 0) is 19.1 Å². The molecule has 146 valence electrons. The summed E-state index contributed by atoms with van der Waals surface area (Å²) >= 11 is 0. The van der Waals surface area contributed by atoms with Crippen molar-refractivity contribution in [3.63, 3.8) is 0 Å². The Hall–Kier alpha value is -2.77. The molecule has 0 aliphatic carbocycles. The molecule has 0 saturated heterocycles. The number of halogens is 3. The number of methoxy groups -OCH3 is 2. The zero-order valence-electron chi connectivity index (χ0n) is 15.9. The molecule has 0 radical (unpaired) electrons. The Labute approximate surface area is 155 Å². The van der Waals surface area contributed by atoms with Crippen LogP contribution in [0, 0.1) is 24.4 Å². The topological polar surface area (TPSA) is 55.8 Å². The predicted molar refractivity (Wildman–Crippen MR) is 91.0 cm³/mol. The first kappa shape index (κ1) is 20.5. The van der Waals surface area contributed by atoms with Crippen LogP contribution in [-0.4, -0.2) is 38.1 Å². The fourth-order valence-electron chi connectivity index (χ4n) is 3.15. The van der Waals surface area contributed by atoms with E-state index >= 15 is 0 Å². The SMILES string of the molecule is COC(=O)C1=C(C)N(C)C(C)=C(C(=O)OC)C1c1cc(F)c(C)c(F)c1F. The number of esters is 2. The van der Waals surface area contributed by atoms with E-state index < -0.39 is 46.4 Å². The molecule has 1 aliphatic rings. The lowest BCUT2D eigenvalue weighted by Gasteiger charge is -2.35. The van der Waals surface area contributed by atoms with Crippen LogP contribution in [0.1, 0.15) is 30.9 Å². The number of allylic oxidation sites excluding steroid dienone is 2. The average Bonchev–Trinajstić information content (AvgIpc) is 2.66. The minimum absolute atomic E-state index is 0.104. The lowest BCUT2D eigenvalue weighted by molar-refractivity contribution is -0.137. The third kappa shape index (κ3) is 3.20. The van der Waals surface area contributed by atoms with Crippen molar-refractivity contribution in [1.29, 1.82) is 0 Å². The van der Waals surface area contributed by atoms with Crippen LogP contribution in [0.15, 0.2) is 28.6 Å². The zero-order chi connectivity index (χ0) is 20.6.